The zero-order valence-electron chi connectivity index (χ0n) is 20.1. The number of hydrogen-bond donors (Lipinski definition) is 0. The van der Waals surface area contributed by atoms with Gasteiger partial charge in [-0.1, -0.05) is 18.2 Å². The minimum atomic E-state index is -0.271. The molecule has 0 bridgehead atoms. The first kappa shape index (κ1) is 23.7. The molecule has 0 aliphatic carbocycles. The summed E-state index contributed by atoms with van der Waals surface area (Å²) in [4.78, 5) is 30.9. The van der Waals surface area contributed by atoms with Crippen LogP contribution in [0.2, 0.25) is 0 Å². The van der Waals surface area contributed by atoms with Crippen LogP contribution in [-0.2, 0) is 11.3 Å². The SMILES string of the molecule is COCCCn1cc(C(=O)N2CCN(c3ccc(F)cc3)CC2)c2nn(-c3ccccc3)c(=O)c-2c1. The number of anilines is 1. The number of pyridine rings is 1. The van der Waals surface area contributed by atoms with Gasteiger partial charge in [-0.15, -0.1) is 0 Å². The summed E-state index contributed by atoms with van der Waals surface area (Å²) in [6.45, 7) is 3.48. The van der Waals surface area contributed by atoms with Crippen molar-refractivity contribution in [2.24, 2.45) is 0 Å². The lowest BCUT2D eigenvalue weighted by Gasteiger charge is -2.36. The molecule has 0 saturated carbocycles. The van der Waals surface area contributed by atoms with Crippen molar-refractivity contribution in [3.8, 4) is 16.9 Å². The van der Waals surface area contributed by atoms with E-state index in [2.05, 4.69) is 10.00 Å². The summed E-state index contributed by atoms with van der Waals surface area (Å²) < 4.78 is 21.7. The molecule has 3 aliphatic rings. The monoisotopic (exact) mass is 489 g/mol. The second-order valence-electron chi connectivity index (χ2n) is 8.83. The van der Waals surface area contributed by atoms with E-state index in [1.54, 1.807) is 36.5 Å². The van der Waals surface area contributed by atoms with Crippen LogP contribution in [0.5, 0.6) is 0 Å². The van der Waals surface area contributed by atoms with Gasteiger partial charge in [-0.05, 0) is 42.8 Å². The van der Waals surface area contributed by atoms with E-state index in [9.17, 15) is 14.0 Å². The number of methoxy groups -OCH3 is 1. The number of carbonyl (C=O) groups is 1. The molecule has 1 fully saturated rings. The minimum Gasteiger partial charge on any atom is -0.385 e. The molecule has 3 aliphatic heterocycles. The Labute approximate surface area is 208 Å². The van der Waals surface area contributed by atoms with Gasteiger partial charge in [0.25, 0.3) is 11.5 Å². The third-order valence-electron chi connectivity index (χ3n) is 6.48. The summed E-state index contributed by atoms with van der Waals surface area (Å²) in [6.07, 6.45) is 4.30. The van der Waals surface area contributed by atoms with Crippen LogP contribution >= 0.6 is 0 Å². The topological polar surface area (TPSA) is 72.6 Å². The predicted octanol–water partition coefficient (Wildman–Crippen LogP) is 3.28. The molecule has 1 saturated heterocycles. The molecule has 0 spiro atoms. The standard InChI is InChI=1S/C27H28FN5O3/c1-36-17-5-12-30-18-23(25-24(19-30)27(35)33(29-25)22-6-3-2-4-7-22)26(34)32-15-13-31(14-16-32)21-10-8-20(28)9-11-21/h2-4,6-11,18-19H,5,12-17H2,1H3. The molecule has 8 nitrogen and oxygen atoms in total. The lowest BCUT2D eigenvalue weighted by molar-refractivity contribution is 0.0746. The number of fused-ring (bicyclic) bond motifs is 1. The zero-order chi connectivity index (χ0) is 25.1. The van der Waals surface area contributed by atoms with Crippen molar-refractivity contribution >= 4 is 11.6 Å². The molecule has 186 valence electrons. The number of piperazine rings is 1. The quantitative estimate of drug-likeness (QED) is 0.373. The van der Waals surface area contributed by atoms with Gasteiger partial charge in [-0.25, -0.2) is 4.39 Å². The van der Waals surface area contributed by atoms with Crippen LogP contribution < -0.4 is 10.5 Å². The third-order valence-corrected chi connectivity index (χ3v) is 6.48. The molecule has 0 N–H and O–H groups in total. The van der Waals surface area contributed by atoms with Crippen molar-refractivity contribution in [2.45, 2.75) is 13.0 Å². The highest BCUT2D eigenvalue weighted by molar-refractivity contribution is 6.00. The lowest BCUT2D eigenvalue weighted by atomic mass is 10.1. The Balaban J connectivity index is 1.45. The summed E-state index contributed by atoms with van der Waals surface area (Å²) in [5.41, 5.74) is 2.54. The van der Waals surface area contributed by atoms with Crippen molar-refractivity contribution < 1.29 is 13.9 Å². The lowest BCUT2D eigenvalue weighted by Crippen LogP contribution is -2.49. The van der Waals surface area contributed by atoms with Gasteiger partial charge in [-0.2, -0.15) is 9.78 Å². The van der Waals surface area contributed by atoms with Gasteiger partial charge >= 0.3 is 0 Å². The molecule has 2 aromatic rings. The largest absolute Gasteiger partial charge is 0.385 e. The summed E-state index contributed by atoms with van der Waals surface area (Å²) in [7, 11) is 1.65. The number of halogens is 1. The van der Waals surface area contributed by atoms with Crippen LogP contribution in [0, 0.1) is 5.82 Å². The van der Waals surface area contributed by atoms with Crippen LogP contribution in [0.3, 0.4) is 0 Å². The van der Waals surface area contributed by atoms with Gasteiger partial charge in [0.05, 0.1) is 16.8 Å². The highest BCUT2D eigenvalue weighted by atomic mass is 19.1. The summed E-state index contributed by atoms with van der Waals surface area (Å²) in [5, 5.41) is 4.58. The number of nitrogens with zero attached hydrogens (tertiary/aromatic N) is 5. The molecule has 5 rings (SSSR count). The Morgan fingerprint density at radius 2 is 1.69 bits per heavy atom. The van der Waals surface area contributed by atoms with Gasteiger partial charge in [0.1, 0.15) is 11.5 Å². The van der Waals surface area contributed by atoms with Gasteiger partial charge in [0.2, 0.25) is 0 Å². The third kappa shape index (κ3) is 4.74. The Bertz CT molecular complexity index is 1360. The molecular weight excluding hydrogens is 461 g/mol. The Kier molecular flexibility index (Phi) is 6.81. The molecule has 9 heteroatoms. The number of carbonyl (C=O) groups excluding carboxylic acids is 1. The summed E-state index contributed by atoms with van der Waals surface area (Å²) in [6, 6.07) is 15.6. The van der Waals surface area contributed by atoms with Crippen LogP contribution in [0.15, 0.2) is 71.8 Å². The number of hydrogen-bond acceptors (Lipinski definition) is 5. The second-order valence-corrected chi connectivity index (χ2v) is 8.83. The van der Waals surface area contributed by atoms with Crippen LogP contribution in [0.1, 0.15) is 16.8 Å². The van der Waals surface area contributed by atoms with E-state index in [4.69, 9.17) is 4.74 Å². The van der Waals surface area contributed by atoms with E-state index in [0.717, 1.165) is 12.1 Å². The van der Waals surface area contributed by atoms with E-state index >= 15 is 0 Å². The van der Waals surface area contributed by atoms with Gasteiger partial charge in [-0.3, -0.25) is 9.59 Å². The van der Waals surface area contributed by atoms with Crippen molar-refractivity contribution in [3.05, 3.63) is 88.7 Å². The first-order valence-electron chi connectivity index (χ1n) is 12.0. The highest BCUT2D eigenvalue weighted by Gasteiger charge is 2.29. The number of amides is 1. The van der Waals surface area contributed by atoms with Gasteiger partial charge < -0.3 is 19.1 Å². The Morgan fingerprint density at radius 3 is 2.39 bits per heavy atom. The smallest absolute Gasteiger partial charge is 0.282 e. The normalized spacial score (nSPS) is 13.9. The fourth-order valence-corrected chi connectivity index (χ4v) is 4.57. The molecule has 3 heterocycles. The fraction of sp³-hybridized carbons (Fsp3) is 0.296. The molecule has 1 amide bonds. The summed E-state index contributed by atoms with van der Waals surface area (Å²) in [5.74, 6) is -0.426. The van der Waals surface area contributed by atoms with Crippen molar-refractivity contribution in [1.29, 1.82) is 0 Å². The van der Waals surface area contributed by atoms with Crippen LogP contribution in [0.25, 0.3) is 16.9 Å². The molecule has 2 aromatic carbocycles. The first-order chi connectivity index (χ1) is 17.5. The molecule has 0 aromatic heterocycles. The molecule has 0 radical (unpaired) electrons. The number of aromatic nitrogens is 3. The second kappa shape index (κ2) is 10.3. The van der Waals surface area contributed by atoms with E-state index < -0.39 is 0 Å². The van der Waals surface area contributed by atoms with E-state index in [1.807, 2.05) is 34.9 Å². The number of benzene rings is 2. The van der Waals surface area contributed by atoms with Gasteiger partial charge in [0, 0.05) is 64.5 Å². The predicted molar refractivity (Wildman–Crippen MR) is 135 cm³/mol. The van der Waals surface area contributed by atoms with Gasteiger partial charge in [0.15, 0.2) is 0 Å². The number of rotatable bonds is 7. The maximum Gasteiger partial charge on any atom is 0.282 e. The average molecular weight is 490 g/mol. The van der Waals surface area contributed by atoms with Crippen molar-refractivity contribution in [1.82, 2.24) is 19.2 Å². The highest BCUT2D eigenvalue weighted by Crippen LogP contribution is 2.25. The zero-order valence-corrected chi connectivity index (χ0v) is 20.1. The van der Waals surface area contributed by atoms with Crippen molar-refractivity contribution in [2.75, 3.05) is 44.8 Å². The van der Waals surface area contributed by atoms with E-state index in [0.29, 0.717) is 61.8 Å². The Morgan fingerprint density at radius 1 is 0.972 bits per heavy atom. The maximum atomic E-state index is 13.7. The summed E-state index contributed by atoms with van der Waals surface area (Å²) >= 11 is 0. The van der Waals surface area contributed by atoms with Crippen LogP contribution in [0.4, 0.5) is 10.1 Å². The number of para-hydroxylation sites is 1. The molecular formula is C27H28FN5O3. The molecule has 36 heavy (non-hydrogen) atoms. The van der Waals surface area contributed by atoms with Crippen LogP contribution in [-0.4, -0.2) is 65.1 Å². The molecule has 0 unspecified atom stereocenters. The fourth-order valence-electron chi connectivity index (χ4n) is 4.57. The van der Waals surface area contributed by atoms with E-state index in [-0.39, 0.29) is 17.3 Å². The Hall–Kier alpha value is -3.98. The van der Waals surface area contributed by atoms with Crippen molar-refractivity contribution in [3.63, 3.8) is 0 Å². The van der Waals surface area contributed by atoms with E-state index in [1.165, 1.54) is 16.8 Å². The maximum absolute atomic E-state index is 13.7. The number of ether oxygens (including phenoxy) is 1. The number of aryl methyl sites for hydroxylation is 1. The average Bonchev–Trinajstić information content (AvgIpc) is 3.25. The first-order valence-corrected chi connectivity index (χ1v) is 12.0. The minimum absolute atomic E-state index is 0.155. The molecule has 0 atom stereocenters.